The summed E-state index contributed by atoms with van der Waals surface area (Å²) < 4.78 is 5.13. The van der Waals surface area contributed by atoms with Gasteiger partial charge in [0.25, 0.3) is 5.91 Å². The molecule has 0 spiro atoms. The summed E-state index contributed by atoms with van der Waals surface area (Å²) in [7, 11) is 0. The van der Waals surface area contributed by atoms with Crippen LogP contribution in [0.15, 0.2) is 24.3 Å². The van der Waals surface area contributed by atoms with Crippen molar-refractivity contribution in [2.24, 2.45) is 11.8 Å². The highest BCUT2D eigenvalue weighted by atomic mass is 16.5. The molecule has 1 aromatic heterocycles. The lowest BCUT2D eigenvalue weighted by Gasteiger charge is -2.34. The number of carbonyl (C=O) groups excluding carboxylic acids is 2. The maximum absolute atomic E-state index is 12.1. The van der Waals surface area contributed by atoms with Gasteiger partial charge in [-0.1, -0.05) is 44.9 Å². The minimum absolute atomic E-state index is 0.158. The Morgan fingerprint density at radius 2 is 2.08 bits per heavy atom. The molecule has 3 atom stereocenters. The van der Waals surface area contributed by atoms with Crippen LogP contribution in [0.2, 0.25) is 0 Å². The van der Waals surface area contributed by atoms with Crippen LogP contribution in [0, 0.1) is 11.8 Å². The van der Waals surface area contributed by atoms with Crippen molar-refractivity contribution < 1.29 is 14.3 Å². The number of aromatic nitrogens is 2. The molecule has 128 valence electrons. The summed E-state index contributed by atoms with van der Waals surface area (Å²) in [6.45, 7) is 4.10. The number of H-pyrrole nitrogens is 1. The number of hydrogen-bond acceptors (Lipinski definition) is 4. The topological polar surface area (TPSA) is 84.1 Å². The highest BCUT2D eigenvalue weighted by molar-refractivity contribution is 6.02. The van der Waals surface area contributed by atoms with E-state index in [2.05, 4.69) is 29.4 Å². The fourth-order valence-corrected chi connectivity index (χ4v) is 3.35. The lowest BCUT2D eigenvalue weighted by molar-refractivity contribution is -0.125. The van der Waals surface area contributed by atoms with Crippen molar-refractivity contribution in [3.05, 3.63) is 30.0 Å². The van der Waals surface area contributed by atoms with Gasteiger partial charge in [0.05, 0.1) is 5.52 Å². The molecule has 1 saturated carbocycles. The molecule has 24 heavy (non-hydrogen) atoms. The van der Waals surface area contributed by atoms with Crippen molar-refractivity contribution in [1.82, 2.24) is 15.5 Å². The van der Waals surface area contributed by atoms with Gasteiger partial charge in [-0.25, -0.2) is 4.79 Å². The molecular formula is C18H23N3O3. The zero-order chi connectivity index (χ0) is 17.1. The summed E-state index contributed by atoms with van der Waals surface area (Å²) in [5, 5.41) is 10.4. The maximum Gasteiger partial charge on any atom is 0.359 e. The van der Waals surface area contributed by atoms with Gasteiger partial charge in [0.2, 0.25) is 0 Å². The fraction of sp³-hybridized carbons (Fsp3) is 0.500. The first kappa shape index (κ1) is 16.5. The maximum atomic E-state index is 12.1. The monoisotopic (exact) mass is 329 g/mol. The minimum Gasteiger partial charge on any atom is -0.451 e. The van der Waals surface area contributed by atoms with Crippen LogP contribution < -0.4 is 5.32 Å². The molecule has 1 fully saturated rings. The summed E-state index contributed by atoms with van der Waals surface area (Å²) in [4.78, 5) is 24.2. The molecule has 1 amide bonds. The van der Waals surface area contributed by atoms with E-state index in [0.29, 0.717) is 17.2 Å². The van der Waals surface area contributed by atoms with Crippen LogP contribution in [0.3, 0.4) is 0 Å². The van der Waals surface area contributed by atoms with Crippen LogP contribution in [0.1, 0.15) is 43.6 Å². The van der Waals surface area contributed by atoms with Crippen molar-refractivity contribution >= 4 is 22.8 Å². The van der Waals surface area contributed by atoms with Gasteiger partial charge in [-0.05, 0) is 24.3 Å². The smallest absolute Gasteiger partial charge is 0.359 e. The van der Waals surface area contributed by atoms with Crippen molar-refractivity contribution in [3.8, 4) is 0 Å². The molecule has 6 nitrogen and oxygen atoms in total. The van der Waals surface area contributed by atoms with E-state index in [0.717, 1.165) is 18.4 Å². The summed E-state index contributed by atoms with van der Waals surface area (Å²) in [6, 6.07) is 7.46. The largest absolute Gasteiger partial charge is 0.451 e. The van der Waals surface area contributed by atoms with Crippen molar-refractivity contribution in [2.75, 3.05) is 6.61 Å². The average Bonchev–Trinajstić information content (AvgIpc) is 3.01. The third-order valence-corrected chi connectivity index (χ3v) is 5.05. The molecule has 0 unspecified atom stereocenters. The highest BCUT2D eigenvalue weighted by Gasteiger charge is 2.28. The summed E-state index contributed by atoms with van der Waals surface area (Å²) in [5.74, 6) is 0.192. The van der Waals surface area contributed by atoms with Crippen LogP contribution in [-0.4, -0.2) is 34.7 Å². The first-order valence-electron chi connectivity index (χ1n) is 8.46. The van der Waals surface area contributed by atoms with Crippen LogP contribution in [0.5, 0.6) is 0 Å². The molecule has 0 radical (unpaired) electrons. The first-order valence-corrected chi connectivity index (χ1v) is 8.46. The van der Waals surface area contributed by atoms with E-state index in [1.54, 1.807) is 6.07 Å². The van der Waals surface area contributed by atoms with Gasteiger partial charge in [0.1, 0.15) is 0 Å². The van der Waals surface area contributed by atoms with Crippen LogP contribution in [0.4, 0.5) is 0 Å². The summed E-state index contributed by atoms with van der Waals surface area (Å²) in [5.41, 5.74) is 0.969. The minimum atomic E-state index is -0.590. The number of para-hydroxylation sites is 1. The van der Waals surface area contributed by atoms with Gasteiger partial charge in [-0.3, -0.25) is 9.89 Å². The Bertz CT molecular complexity index is 740. The number of aromatic amines is 1. The molecule has 2 N–H and O–H groups in total. The Morgan fingerprint density at radius 3 is 2.92 bits per heavy atom. The second kappa shape index (κ2) is 7.03. The Labute approximate surface area is 141 Å². The number of fused-ring (bicyclic) bond motifs is 1. The molecule has 1 heterocycles. The Kier molecular flexibility index (Phi) is 4.83. The summed E-state index contributed by atoms with van der Waals surface area (Å²) >= 11 is 0. The number of nitrogens with zero attached hydrogens (tertiary/aromatic N) is 1. The molecule has 3 rings (SSSR count). The average molecular weight is 329 g/mol. The second-order valence-electron chi connectivity index (χ2n) is 6.64. The van der Waals surface area contributed by atoms with Gasteiger partial charge >= 0.3 is 5.97 Å². The lowest BCUT2D eigenvalue weighted by Crippen LogP contribution is -2.45. The van der Waals surface area contributed by atoms with Gasteiger partial charge < -0.3 is 10.1 Å². The van der Waals surface area contributed by atoms with Gasteiger partial charge in [-0.15, -0.1) is 0 Å². The summed E-state index contributed by atoms with van der Waals surface area (Å²) in [6.07, 6.45) is 3.31. The number of carbonyl (C=O) groups is 2. The predicted molar refractivity (Wildman–Crippen MR) is 90.5 cm³/mol. The third kappa shape index (κ3) is 3.42. The molecule has 1 aliphatic carbocycles. The Morgan fingerprint density at radius 1 is 1.29 bits per heavy atom. The molecular weight excluding hydrogens is 306 g/mol. The molecule has 2 aromatic rings. The number of rotatable bonds is 4. The Balaban J connectivity index is 1.55. The number of hydrogen-bond donors (Lipinski definition) is 2. The number of benzene rings is 1. The zero-order valence-corrected chi connectivity index (χ0v) is 14.0. The van der Waals surface area contributed by atoms with Crippen molar-refractivity contribution in [1.29, 1.82) is 0 Å². The lowest BCUT2D eigenvalue weighted by atomic mass is 9.78. The molecule has 1 aliphatic rings. The van der Waals surface area contributed by atoms with Crippen molar-refractivity contribution in [3.63, 3.8) is 0 Å². The van der Waals surface area contributed by atoms with Crippen LogP contribution in [0.25, 0.3) is 10.9 Å². The quantitative estimate of drug-likeness (QED) is 0.845. The third-order valence-electron chi connectivity index (χ3n) is 5.05. The normalized spacial score (nSPS) is 23.8. The van der Waals surface area contributed by atoms with E-state index in [-0.39, 0.29) is 24.2 Å². The SMILES string of the molecule is C[C@@H]1[C@@H](C)CCC[C@H]1NC(=O)COC(=O)c1n[nH]c2ccccc12. The van der Waals surface area contributed by atoms with E-state index in [9.17, 15) is 9.59 Å². The first-order chi connectivity index (χ1) is 11.6. The van der Waals surface area contributed by atoms with E-state index >= 15 is 0 Å². The standard InChI is InChI=1S/C18H23N3O3/c1-11-6-5-9-14(12(11)2)19-16(22)10-24-18(23)17-13-7-3-4-8-15(13)20-21-17/h3-4,7-8,11-12,14H,5-6,9-10H2,1-2H3,(H,19,22)(H,20,21)/t11-,12+,14+/m0/s1. The number of esters is 1. The van der Waals surface area contributed by atoms with Crippen LogP contribution in [-0.2, 0) is 9.53 Å². The number of nitrogens with one attached hydrogen (secondary N) is 2. The van der Waals surface area contributed by atoms with Gasteiger partial charge in [0.15, 0.2) is 12.3 Å². The number of amides is 1. The second-order valence-corrected chi connectivity index (χ2v) is 6.64. The van der Waals surface area contributed by atoms with Gasteiger partial charge in [0, 0.05) is 11.4 Å². The molecule has 0 bridgehead atoms. The highest BCUT2D eigenvalue weighted by Crippen LogP contribution is 2.29. The van der Waals surface area contributed by atoms with Crippen molar-refractivity contribution in [2.45, 2.75) is 39.2 Å². The number of ether oxygens (including phenoxy) is 1. The fourth-order valence-electron chi connectivity index (χ4n) is 3.35. The van der Waals surface area contributed by atoms with E-state index in [1.165, 1.54) is 6.42 Å². The van der Waals surface area contributed by atoms with Gasteiger partial charge in [-0.2, -0.15) is 5.10 Å². The molecule has 0 saturated heterocycles. The van der Waals surface area contributed by atoms with E-state index in [1.807, 2.05) is 18.2 Å². The molecule has 0 aliphatic heterocycles. The van der Waals surface area contributed by atoms with E-state index in [4.69, 9.17) is 4.74 Å². The Hall–Kier alpha value is -2.37. The predicted octanol–water partition coefficient (Wildman–Crippen LogP) is 2.66. The zero-order valence-electron chi connectivity index (χ0n) is 14.0. The van der Waals surface area contributed by atoms with E-state index < -0.39 is 5.97 Å². The molecule has 6 heteroatoms. The molecule has 1 aromatic carbocycles. The van der Waals surface area contributed by atoms with Crippen LogP contribution >= 0.6 is 0 Å².